The smallest absolute Gasteiger partial charge is 0.335 e. The van der Waals surface area contributed by atoms with Crippen molar-refractivity contribution < 1.29 is 23.5 Å². The predicted molar refractivity (Wildman–Crippen MR) is 83.1 cm³/mol. The molecule has 0 saturated heterocycles. The van der Waals surface area contributed by atoms with Gasteiger partial charge < -0.3 is 4.74 Å². The van der Waals surface area contributed by atoms with Crippen molar-refractivity contribution in [1.82, 2.24) is 4.90 Å². The molecular formula is C16H19FN2O4. The molecule has 0 fully saturated rings. The number of benzene rings is 1. The van der Waals surface area contributed by atoms with Gasteiger partial charge in [0.1, 0.15) is 5.82 Å². The molecule has 23 heavy (non-hydrogen) atoms. The average molecular weight is 322 g/mol. The molecule has 0 unspecified atom stereocenters. The lowest BCUT2D eigenvalue weighted by Gasteiger charge is -2.24. The van der Waals surface area contributed by atoms with E-state index in [-0.39, 0.29) is 18.7 Å². The second-order valence-corrected chi connectivity index (χ2v) is 4.55. The number of hydrogen-bond acceptors (Lipinski definition) is 4. The molecule has 0 heterocycles. The van der Waals surface area contributed by atoms with Crippen molar-refractivity contribution in [2.45, 2.75) is 20.8 Å². The van der Waals surface area contributed by atoms with Crippen LogP contribution in [0.15, 0.2) is 36.0 Å². The minimum Gasteiger partial charge on any atom is -0.463 e. The van der Waals surface area contributed by atoms with Crippen molar-refractivity contribution in [3.63, 3.8) is 0 Å². The van der Waals surface area contributed by atoms with Crippen molar-refractivity contribution in [3.05, 3.63) is 41.9 Å². The number of amides is 3. The highest BCUT2D eigenvalue weighted by Gasteiger charge is 2.21. The number of nitrogens with zero attached hydrogens (tertiary/aromatic N) is 2. The number of esters is 1. The van der Waals surface area contributed by atoms with Gasteiger partial charge in [-0.25, -0.2) is 14.0 Å². The van der Waals surface area contributed by atoms with E-state index in [2.05, 4.69) is 0 Å². The number of rotatable bonds is 6. The van der Waals surface area contributed by atoms with Gasteiger partial charge in [-0.05, 0) is 45.0 Å². The summed E-state index contributed by atoms with van der Waals surface area (Å²) in [5, 5.41) is 0. The number of carbonyl (C=O) groups is 3. The van der Waals surface area contributed by atoms with Crippen molar-refractivity contribution >= 4 is 24.1 Å². The number of imide groups is 1. The van der Waals surface area contributed by atoms with Crippen LogP contribution in [0.1, 0.15) is 20.8 Å². The quantitative estimate of drug-likeness (QED) is 0.459. The van der Waals surface area contributed by atoms with Gasteiger partial charge in [0, 0.05) is 12.7 Å². The number of anilines is 1. The maximum absolute atomic E-state index is 13.1. The van der Waals surface area contributed by atoms with Crippen LogP contribution in [-0.4, -0.2) is 36.5 Å². The van der Waals surface area contributed by atoms with Gasteiger partial charge >= 0.3 is 12.0 Å². The summed E-state index contributed by atoms with van der Waals surface area (Å²) in [4.78, 5) is 37.2. The number of carbonyl (C=O) groups excluding carboxylic acids is 3. The van der Waals surface area contributed by atoms with Gasteiger partial charge in [0.25, 0.3) is 0 Å². The highest BCUT2D eigenvalue weighted by Crippen LogP contribution is 2.18. The molecule has 3 amide bonds. The largest absolute Gasteiger partial charge is 0.463 e. The van der Waals surface area contributed by atoms with E-state index >= 15 is 0 Å². The summed E-state index contributed by atoms with van der Waals surface area (Å²) in [6.45, 7) is 5.14. The molecule has 0 atom stereocenters. The normalized spacial score (nSPS) is 10.9. The van der Waals surface area contributed by atoms with Crippen LogP contribution in [0.25, 0.3) is 0 Å². The molecular weight excluding hydrogens is 303 g/mol. The zero-order chi connectivity index (χ0) is 17.4. The highest BCUT2D eigenvalue weighted by atomic mass is 19.1. The summed E-state index contributed by atoms with van der Waals surface area (Å²) in [6.07, 6.45) is 1.66. The molecule has 1 rings (SSSR count). The maximum atomic E-state index is 13.1. The molecule has 1 aromatic carbocycles. The van der Waals surface area contributed by atoms with E-state index in [1.807, 2.05) is 0 Å². The highest BCUT2D eigenvalue weighted by molar-refractivity contribution is 6.00. The van der Waals surface area contributed by atoms with Gasteiger partial charge in [0.05, 0.1) is 17.9 Å². The Kier molecular flexibility index (Phi) is 6.92. The molecule has 0 N–H and O–H groups in total. The van der Waals surface area contributed by atoms with Crippen LogP contribution >= 0.6 is 0 Å². The van der Waals surface area contributed by atoms with E-state index in [4.69, 9.17) is 4.74 Å². The van der Waals surface area contributed by atoms with Gasteiger partial charge in [0.2, 0.25) is 6.41 Å². The second-order valence-electron chi connectivity index (χ2n) is 4.55. The molecule has 124 valence electrons. The third kappa shape index (κ3) is 4.91. The average Bonchev–Trinajstić information content (AvgIpc) is 2.54. The molecule has 0 radical (unpaired) electrons. The SMILES string of the molecule is CCOC(=O)/C(C)=C/N(C(=O)N(C=O)CC)c1ccc(F)cc1. The van der Waals surface area contributed by atoms with Gasteiger partial charge in [-0.2, -0.15) is 0 Å². The van der Waals surface area contributed by atoms with E-state index in [9.17, 15) is 18.8 Å². The number of ether oxygens (including phenoxy) is 1. The molecule has 0 spiro atoms. The fraction of sp³-hybridized carbons (Fsp3) is 0.312. The van der Waals surface area contributed by atoms with Crippen molar-refractivity contribution in [2.24, 2.45) is 0 Å². The summed E-state index contributed by atoms with van der Waals surface area (Å²) in [5.74, 6) is -1.04. The Bertz CT molecular complexity index is 599. The maximum Gasteiger partial charge on any atom is 0.335 e. The molecule has 0 bridgehead atoms. The van der Waals surface area contributed by atoms with Crippen LogP contribution in [0.4, 0.5) is 14.9 Å². The van der Waals surface area contributed by atoms with Crippen LogP contribution < -0.4 is 4.90 Å². The molecule has 1 aromatic rings. The molecule has 0 aliphatic rings. The van der Waals surface area contributed by atoms with Crippen LogP contribution in [-0.2, 0) is 14.3 Å². The fourth-order valence-electron chi connectivity index (χ4n) is 1.73. The lowest BCUT2D eigenvalue weighted by Crippen LogP contribution is -2.40. The lowest BCUT2D eigenvalue weighted by atomic mass is 10.2. The van der Waals surface area contributed by atoms with E-state index in [0.717, 1.165) is 9.80 Å². The van der Waals surface area contributed by atoms with Gasteiger partial charge in [-0.3, -0.25) is 14.6 Å². The number of urea groups is 1. The van der Waals surface area contributed by atoms with Crippen LogP contribution in [0.5, 0.6) is 0 Å². The Morgan fingerprint density at radius 3 is 2.30 bits per heavy atom. The lowest BCUT2D eigenvalue weighted by molar-refractivity contribution is -0.138. The standard InChI is InChI=1S/C16H19FN2O4/c1-4-18(11-20)16(22)19(10-12(3)15(21)23-5-2)14-8-6-13(17)7-9-14/h6-11H,4-5H2,1-3H3/b12-10+. The molecule has 0 saturated carbocycles. The Morgan fingerprint density at radius 2 is 1.83 bits per heavy atom. The van der Waals surface area contributed by atoms with Crippen LogP contribution in [0, 0.1) is 5.82 Å². The first kappa shape index (κ1) is 18.3. The first-order chi connectivity index (χ1) is 10.9. The van der Waals surface area contributed by atoms with Crippen molar-refractivity contribution in [3.8, 4) is 0 Å². The summed E-state index contributed by atoms with van der Waals surface area (Å²) in [7, 11) is 0. The van der Waals surface area contributed by atoms with E-state index in [1.165, 1.54) is 37.4 Å². The van der Waals surface area contributed by atoms with Crippen molar-refractivity contribution in [2.75, 3.05) is 18.1 Å². The topological polar surface area (TPSA) is 66.9 Å². The third-order valence-electron chi connectivity index (χ3n) is 2.94. The minimum absolute atomic E-state index is 0.159. The van der Waals surface area contributed by atoms with E-state index < -0.39 is 17.8 Å². The van der Waals surface area contributed by atoms with Crippen LogP contribution in [0.3, 0.4) is 0 Å². The molecule has 0 aliphatic carbocycles. The van der Waals surface area contributed by atoms with E-state index in [0.29, 0.717) is 12.1 Å². The zero-order valence-electron chi connectivity index (χ0n) is 13.3. The number of hydrogen-bond donors (Lipinski definition) is 0. The zero-order valence-corrected chi connectivity index (χ0v) is 13.3. The Hall–Kier alpha value is -2.70. The Morgan fingerprint density at radius 1 is 1.22 bits per heavy atom. The van der Waals surface area contributed by atoms with Crippen LogP contribution in [0.2, 0.25) is 0 Å². The predicted octanol–water partition coefficient (Wildman–Crippen LogP) is 2.70. The second kappa shape index (κ2) is 8.67. The fourth-order valence-corrected chi connectivity index (χ4v) is 1.73. The first-order valence-electron chi connectivity index (χ1n) is 7.10. The van der Waals surface area contributed by atoms with Crippen molar-refractivity contribution in [1.29, 1.82) is 0 Å². The number of halogens is 1. The summed E-state index contributed by atoms with van der Waals surface area (Å²) in [5.41, 5.74) is 0.492. The Balaban J connectivity index is 3.23. The molecule has 7 heteroatoms. The molecule has 6 nitrogen and oxygen atoms in total. The summed E-state index contributed by atoms with van der Waals surface area (Å²) >= 11 is 0. The monoisotopic (exact) mass is 322 g/mol. The summed E-state index contributed by atoms with van der Waals surface area (Å²) < 4.78 is 17.9. The summed E-state index contributed by atoms with van der Waals surface area (Å²) in [6, 6.07) is 4.46. The van der Waals surface area contributed by atoms with Gasteiger partial charge in [-0.15, -0.1) is 0 Å². The van der Waals surface area contributed by atoms with Gasteiger partial charge in [0.15, 0.2) is 0 Å². The Labute approximate surface area is 134 Å². The van der Waals surface area contributed by atoms with E-state index in [1.54, 1.807) is 13.8 Å². The van der Waals surface area contributed by atoms with Gasteiger partial charge in [-0.1, -0.05) is 0 Å². The third-order valence-corrected chi connectivity index (χ3v) is 2.94. The molecule has 0 aliphatic heterocycles. The minimum atomic E-state index is -0.655. The first-order valence-corrected chi connectivity index (χ1v) is 7.10. The molecule has 0 aromatic heterocycles.